The molecule has 1 N–H and O–H groups in total. The predicted molar refractivity (Wildman–Crippen MR) is 119 cm³/mol. The van der Waals surface area contributed by atoms with Gasteiger partial charge in [0, 0.05) is 11.9 Å². The number of anilines is 1. The van der Waals surface area contributed by atoms with Gasteiger partial charge in [0.25, 0.3) is 5.56 Å². The van der Waals surface area contributed by atoms with Crippen LogP contribution in [0, 0.1) is 13.8 Å². The van der Waals surface area contributed by atoms with Gasteiger partial charge in [-0.1, -0.05) is 25.1 Å². The lowest BCUT2D eigenvalue weighted by Crippen LogP contribution is -2.27. The first-order valence-electron chi connectivity index (χ1n) is 10.0. The zero-order valence-electron chi connectivity index (χ0n) is 17.3. The molecule has 0 aliphatic heterocycles. The van der Waals surface area contributed by atoms with Crippen molar-refractivity contribution in [3.63, 3.8) is 0 Å². The number of fused-ring (bicyclic) bond motifs is 1. The zero-order chi connectivity index (χ0) is 21.3. The predicted octanol–water partition coefficient (Wildman–Crippen LogP) is 4.01. The van der Waals surface area contributed by atoms with Crippen molar-refractivity contribution in [1.29, 1.82) is 0 Å². The number of rotatable bonds is 5. The maximum Gasteiger partial charge on any atom is 0.280 e. The number of nitrogens with one attached hydrogen (secondary N) is 1. The second-order valence-corrected chi connectivity index (χ2v) is 7.42. The molecule has 0 bridgehead atoms. The Morgan fingerprint density at radius 1 is 1.03 bits per heavy atom. The summed E-state index contributed by atoms with van der Waals surface area (Å²) < 4.78 is 3.17. The summed E-state index contributed by atoms with van der Waals surface area (Å²) in [7, 11) is 0. The van der Waals surface area contributed by atoms with Crippen LogP contribution in [0.5, 0.6) is 0 Å². The second-order valence-electron chi connectivity index (χ2n) is 7.42. The van der Waals surface area contributed by atoms with Crippen molar-refractivity contribution < 1.29 is 4.79 Å². The minimum absolute atomic E-state index is 0.0287. The van der Waals surface area contributed by atoms with Crippen molar-refractivity contribution in [3.05, 3.63) is 87.8 Å². The van der Waals surface area contributed by atoms with Crippen LogP contribution in [-0.4, -0.2) is 20.3 Å². The Kier molecular flexibility index (Phi) is 5.23. The SMILES string of the molecule is CCc1cccc(NC(=O)Cn2c3ncccc3c(=O)n2-c2ccc(C)c(C)c2)c1. The average molecular weight is 400 g/mol. The molecule has 2 aromatic heterocycles. The highest BCUT2D eigenvalue weighted by Gasteiger charge is 2.18. The standard InChI is InChI=1S/C24H24N4O2/c1-4-18-7-5-8-19(14-18)26-22(29)15-27-23-21(9-6-12-25-23)24(30)28(27)20-11-10-16(2)17(3)13-20/h5-14H,4,15H2,1-3H3,(H,26,29). The number of carbonyl (C=O) groups is 1. The van der Waals surface area contributed by atoms with Gasteiger partial charge in [-0.15, -0.1) is 0 Å². The molecule has 2 heterocycles. The molecule has 0 aliphatic rings. The normalized spacial score (nSPS) is 11.0. The van der Waals surface area contributed by atoms with E-state index in [-0.39, 0.29) is 18.0 Å². The van der Waals surface area contributed by atoms with Crippen molar-refractivity contribution in [2.24, 2.45) is 0 Å². The molecule has 0 saturated heterocycles. The van der Waals surface area contributed by atoms with Crippen LogP contribution in [0.25, 0.3) is 16.7 Å². The molecule has 152 valence electrons. The number of amides is 1. The third-order valence-electron chi connectivity index (χ3n) is 5.34. The average Bonchev–Trinajstić information content (AvgIpc) is 3.02. The molecule has 0 aliphatic carbocycles. The summed E-state index contributed by atoms with van der Waals surface area (Å²) in [6.07, 6.45) is 2.52. The van der Waals surface area contributed by atoms with Crippen LogP contribution in [0.2, 0.25) is 0 Å². The fourth-order valence-electron chi connectivity index (χ4n) is 3.55. The number of aryl methyl sites for hydroxylation is 3. The van der Waals surface area contributed by atoms with Gasteiger partial charge in [-0.05, 0) is 73.4 Å². The van der Waals surface area contributed by atoms with Crippen LogP contribution >= 0.6 is 0 Å². The van der Waals surface area contributed by atoms with Crippen molar-refractivity contribution >= 4 is 22.6 Å². The quantitative estimate of drug-likeness (QED) is 0.550. The maximum atomic E-state index is 13.1. The number of pyridine rings is 1. The number of hydrogen-bond donors (Lipinski definition) is 1. The Bertz CT molecular complexity index is 1300. The highest BCUT2D eigenvalue weighted by atomic mass is 16.2. The molecule has 0 unspecified atom stereocenters. The molecule has 0 fully saturated rings. The fraction of sp³-hybridized carbons (Fsp3) is 0.208. The van der Waals surface area contributed by atoms with Gasteiger partial charge in [0.1, 0.15) is 6.54 Å². The molecule has 6 nitrogen and oxygen atoms in total. The van der Waals surface area contributed by atoms with Gasteiger partial charge < -0.3 is 5.32 Å². The van der Waals surface area contributed by atoms with Crippen molar-refractivity contribution in [2.45, 2.75) is 33.7 Å². The van der Waals surface area contributed by atoms with Crippen LogP contribution in [-0.2, 0) is 17.8 Å². The highest BCUT2D eigenvalue weighted by molar-refractivity contribution is 5.91. The summed E-state index contributed by atoms with van der Waals surface area (Å²) in [6.45, 7) is 6.07. The number of benzene rings is 2. The molecule has 0 radical (unpaired) electrons. The molecular formula is C24H24N4O2. The molecule has 0 atom stereocenters. The molecule has 4 rings (SSSR count). The van der Waals surface area contributed by atoms with E-state index >= 15 is 0 Å². The van der Waals surface area contributed by atoms with Crippen LogP contribution < -0.4 is 10.9 Å². The molecule has 1 amide bonds. The summed E-state index contributed by atoms with van der Waals surface area (Å²) in [5.41, 5.74) is 5.10. The third-order valence-corrected chi connectivity index (χ3v) is 5.34. The van der Waals surface area contributed by atoms with Gasteiger partial charge in [0.15, 0.2) is 5.65 Å². The minimum atomic E-state index is -0.219. The van der Waals surface area contributed by atoms with Crippen LogP contribution in [0.4, 0.5) is 5.69 Å². The lowest BCUT2D eigenvalue weighted by Gasteiger charge is -2.14. The molecule has 0 spiro atoms. The molecule has 6 heteroatoms. The van der Waals surface area contributed by atoms with Gasteiger partial charge in [0.2, 0.25) is 5.91 Å². The van der Waals surface area contributed by atoms with Gasteiger partial charge in [0.05, 0.1) is 11.1 Å². The van der Waals surface area contributed by atoms with E-state index in [4.69, 9.17) is 0 Å². The highest BCUT2D eigenvalue weighted by Crippen LogP contribution is 2.17. The van der Waals surface area contributed by atoms with Crippen LogP contribution in [0.15, 0.2) is 65.6 Å². The lowest BCUT2D eigenvalue weighted by atomic mass is 10.1. The van der Waals surface area contributed by atoms with E-state index in [1.807, 2.05) is 56.3 Å². The number of carbonyl (C=O) groups excluding carboxylic acids is 1. The summed E-state index contributed by atoms with van der Waals surface area (Å²) >= 11 is 0. The summed E-state index contributed by atoms with van der Waals surface area (Å²) in [4.78, 5) is 30.4. The minimum Gasteiger partial charge on any atom is -0.324 e. The van der Waals surface area contributed by atoms with E-state index in [0.29, 0.717) is 16.7 Å². The first-order valence-corrected chi connectivity index (χ1v) is 10.0. The molecule has 4 aromatic rings. The van der Waals surface area contributed by atoms with E-state index < -0.39 is 0 Å². The van der Waals surface area contributed by atoms with Crippen molar-refractivity contribution in [3.8, 4) is 5.69 Å². The lowest BCUT2D eigenvalue weighted by molar-refractivity contribution is -0.116. The molecule has 2 aromatic carbocycles. The number of nitrogens with zero attached hydrogens (tertiary/aromatic N) is 3. The molecular weight excluding hydrogens is 376 g/mol. The van der Waals surface area contributed by atoms with E-state index in [0.717, 1.165) is 28.8 Å². The monoisotopic (exact) mass is 400 g/mol. The molecule has 30 heavy (non-hydrogen) atoms. The van der Waals surface area contributed by atoms with E-state index in [1.165, 1.54) is 4.68 Å². The van der Waals surface area contributed by atoms with E-state index in [2.05, 4.69) is 17.2 Å². The van der Waals surface area contributed by atoms with Crippen molar-refractivity contribution in [1.82, 2.24) is 14.3 Å². The summed E-state index contributed by atoms with van der Waals surface area (Å²) in [5, 5.41) is 3.42. The summed E-state index contributed by atoms with van der Waals surface area (Å²) in [5.74, 6) is -0.219. The Hall–Kier alpha value is -3.67. The topological polar surface area (TPSA) is 68.9 Å². The largest absolute Gasteiger partial charge is 0.324 e. The fourth-order valence-corrected chi connectivity index (χ4v) is 3.55. The van der Waals surface area contributed by atoms with E-state index in [1.54, 1.807) is 23.0 Å². The van der Waals surface area contributed by atoms with Crippen LogP contribution in [0.1, 0.15) is 23.6 Å². The number of hydrogen-bond acceptors (Lipinski definition) is 3. The van der Waals surface area contributed by atoms with Crippen LogP contribution in [0.3, 0.4) is 0 Å². The Balaban J connectivity index is 1.76. The van der Waals surface area contributed by atoms with Gasteiger partial charge >= 0.3 is 0 Å². The number of aromatic nitrogens is 3. The van der Waals surface area contributed by atoms with Gasteiger partial charge in [-0.2, -0.15) is 0 Å². The Morgan fingerprint density at radius 3 is 2.63 bits per heavy atom. The molecule has 0 saturated carbocycles. The second kappa shape index (κ2) is 7.99. The maximum absolute atomic E-state index is 13.1. The van der Waals surface area contributed by atoms with Gasteiger partial charge in [-0.3, -0.25) is 14.3 Å². The summed E-state index contributed by atoms with van der Waals surface area (Å²) in [6, 6.07) is 17.1. The van der Waals surface area contributed by atoms with E-state index in [9.17, 15) is 9.59 Å². The first kappa shape index (κ1) is 19.6. The Morgan fingerprint density at radius 2 is 1.87 bits per heavy atom. The zero-order valence-corrected chi connectivity index (χ0v) is 17.3. The Labute approximate surface area is 174 Å². The smallest absolute Gasteiger partial charge is 0.280 e. The third kappa shape index (κ3) is 3.64. The first-order chi connectivity index (χ1) is 14.5. The van der Waals surface area contributed by atoms with Gasteiger partial charge in [-0.25, -0.2) is 9.67 Å². The van der Waals surface area contributed by atoms with Crippen molar-refractivity contribution in [2.75, 3.05) is 5.32 Å².